The van der Waals surface area contributed by atoms with Gasteiger partial charge in [-0.3, -0.25) is 0 Å². The van der Waals surface area contributed by atoms with Crippen LogP contribution in [-0.4, -0.2) is 42.8 Å². The van der Waals surface area contributed by atoms with Crippen LogP contribution in [0.25, 0.3) is 0 Å². The molecule has 0 aliphatic carbocycles. The van der Waals surface area contributed by atoms with Crippen LogP contribution in [-0.2, 0) is 14.3 Å². The van der Waals surface area contributed by atoms with E-state index in [1.54, 1.807) is 5.32 Å². The van der Waals surface area contributed by atoms with Crippen LogP contribution in [0.5, 0.6) is 0 Å². The lowest BCUT2D eigenvalue weighted by Gasteiger charge is -2.23. The number of benzene rings is 1. The molecular weight excluding hydrogens is 474 g/mol. The Kier molecular flexibility index (Phi) is 8.94. The first-order valence-electron chi connectivity index (χ1n) is 8.71. The molecule has 0 aliphatic rings. The van der Waals surface area contributed by atoms with E-state index in [0.29, 0.717) is 12.1 Å². The maximum atomic E-state index is 14.1. The monoisotopic (exact) mass is 490 g/mol. The second kappa shape index (κ2) is 10.6. The van der Waals surface area contributed by atoms with Crippen molar-refractivity contribution in [3.8, 4) is 0 Å². The third kappa shape index (κ3) is 7.04. The van der Waals surface area contributed by atoms with Crippen LogP contribution in [0.4, 0.5) is 36.8 Å². The summed E-state index contributed by atoms with van der Waals surface area (Å²) in [5.41, 5.74) is -3.39. The van der Waals surface area contributed by atoms with Gasteiger partial charge in [-0.25, -0.2) is 18.8 Å². The van der Waals surface area contributed by atoms with Gasteiger partial charge in [0.05, 0.1) is 29.0 Å². The minimum absolute atomic E-state index is 0.264. The SMILES string of the molecule is CCOC(=O)C=C(NC(=O)Nc1cc(C(=O)OC(C)C)c(Cl)cc1F)C(F)(F)C(F)(F)F. The summed E-state index contributed by atoms with van der Waals surface area (Å²) in [7, 11) is 0. The zero-order valence-corrected chi connectivity index (χ0v) is 17.5. The van der Waals surface area contributed by atoms with Gasteiger partial charge in [-0.2, -0.15) is 22.0 Å². The molecule has 2 amide bonds. The molecule has 1 rings (SSSR count). The van der Waals surface area contributed by atoms with E-state index < -0.39 is 64.0 Å². The van der Waals surface area contributed by atoms with E-state index in [1.807, 2.05) is 0 Å². The molecular formula is C18H17ClF6N2O5. The maximum absolute atomic E-state index is 14.1. The largest absolute Gasteiger partial charge is 0.463 e. The fourth-order valence-electron chi connectivity index (χ4n) is 2.01. The normalized spacial score (nSPS) is 12.4. The topological polar surface area (TPSA) is 93.7 Å². The number of allylic oxidation sites excluding steroid dienone is 1. The molecule has 0 radical (unpaired) electrons. The van der Waals surface area contributed by atoms with Gasteiger partial charge < -0.3 is 20.1 Å². The Morgan fingerprint density at radius 2 is 1.75 bits per heavy atom. The molecule has 7 nitrogen and oxygen atoms in total. The molecule has 32 heavy (non-hydrogen) atoms. The van der Waals surface area contributed by atoms with Crippen LogP contribution >= 0.6 is 11.6 Å². The van der Waals surface area contributed by atoms with Gasteiger partial charge in [-0.1, -0.05) is 11.6 Å². The molecule has 1 aromatic carbocycles. The number of anilines is 1. The minimum atomic E-state index is -6.18. The highest BCUT2D eigenvalue weighted by Crippen LogP contribution is 2.40. The number of carbonyl (C=O) groups is 3. The van der Waals surface area contributed by atoms with Crippen LogP contribution in [0.1, 0.15) is 31.1 Å². The first-order valence-corrected chi connectivity index (χ1v) is 9.09. The van der Waals surface area contributed by atoms with E-state index in [-0.39, 0.29) is 12.7 Å². The number of esters is 2. The Balaban J connectivity index is 3.23. The van der Waals surface area contributed by atoms with Gasteiger partial charge in [-0.05, 0) is 32.9 Å². The molecule has 0 spiro atoms. The van der Waals surface area contributed by atoms with Crippen molar-refractivity contribution in [2.45, 2.75) is 39.0 Å². The van der Waals surface area contributed by atoms with Crippen LogP contribution < -0.4 is 10.6 Å². The number of urea groups is 1. The molecule has 14 heteroatoms. The Morgan fingerprint density at radius 1 is 1.16 bits per heavy atom. The third-order valence-corrected chi connectivity index (χ3v) is 3.67. The minimum Gasteiger partial charge on any atom is -0.463 e. The van der Waals surface area contributed by atoms with Gasteiger partial charge in [0, 0.05) is 6.08 Å². The fraction of sp³-hybridized carbons (Fsp3) is 0.389. The maximum Gasteiger partial charge on any atom is 0.459 e. The smallest absolute Gasteiger partial charge is 0.459 e. The number of hydrogen-bond donors (Lipinski definition) is 2. The van der Waals surface area contributed by atoms with Gasteiger partial charge in [0.25, 0.3) is 0 Å². The summed E-state index contributed by atoms with van der Waals surface area (Å²) in [6.45, 7) is 3.91. The van der Waals surface area contributed by atoms with Crippen molar-refractivity contribution >= 4 is 35.3 Å². The van der Waals surface area contributed by atoms with Gasteiger partial charge in [0.15, 0.2) is 0 Å². The molecule has 0 saturated heterocycles. The summed E-state index contributed by atoms with van der Waals surface area (Å²) in [5.74, 6) is -9.52. The Bertz CT molecular complexity index is 918. The van der Waals surface area contributed by atoms with Crippen LogP contribution in [0.2, 0.25) is 5.02 Å². The van der Waals surface area contributed by atoms with Crippen LogP contribution in [0, 0.1) is 5.82 Å². The fourth-order valence-corrected chi connectivity index (χ4v) is 2.24. The van der Waals surface area contributed by atoms with E-state index in [0.717, 1.165) is 5.32 Å². The van der Waals surface area contributed by atoms with Crippen LogP contribution in [0.15, 0.2) is 23.9 Å². The van der Waals surface area contributed by atoms with Gasteiger partial charge >= 0.3 is 30.1 Å². The highest BCUT2D eigenvalue weighted by Gasteiger charge is 2.61. The number of amides is 2. The number of rotatable bonds is 7. The number of alkyl halides is 5. The lowest BCUT2D eigenvalue weighted by molar-refractivity contribution is -0.265. The molecule has 0 bridgehead atoms. The quantitative estimate of drug-likeness (QED) is 0.325. The van der Waals surface area contributed by atoms with Crippen molar-refractivity contribution in [2.24, 2.45) is 0 Å². The van der Waals surface area contributed by atoms with E-state index in [4.69, 9.17) is 16.3 Å². The van der Waals surface area contributed by atoms with Gasteiger partial charge in [0.2, 0.25) is 0 Å². The molecule has 0 unspecified atom stereocenters. The zero-order valence-electron chi connectivity index (χ0n) is 16.7. The average molecular weight is 491 g/mol. The van der Waals surface area contributed by atoms with Crippen molar-refractivity contribution in [3.05, 3.63) is 40.3 Å². The summed E-state index contributed by atoms with van der Waals surface area (Å²) in [5, 5.41) is 2.40. The van der Waals surface area contributed by atoms with Crippen molar-refractivity contribution in [1.29, 1.82) is 0 Å². The van der Waals surface area contributed by atoms with E-state index in [1.165, 1.54) is 20.8 Å². The van der Waals surface area contributed by atoms with Crippen molar-refractivity contribution in [2.75, 3.05) is 11.9 Å². The second-order valence-corrected chi connectivity index (χ2v) is 6.63. The highest BCUT2D eigenvalue weighted by atomic mass is 35.5. The van der Waals surface area contributed by atoms with Gasteiger partial charge in [-0.15, -0.1) is 0 Å². The molecule has 0 aliphatic heterocycles. The lowest BCUT2D eigenvalue weighted by atomic mass is 10.2. The molecule has 178 valence electrons. The Hall–Kier alpha value is -2.96. The Labute approximate surface area is 182 Å². The number of halogens is 7. The number of carbonyl (C=O) groups excluding carboxylic acids is 3. The van der Waals surface area contributed by atoms with E-state index in [9.17, 15) is 40.7 Å². The molecule has 0 atom stereocenters. The first kappa shape index (κ1) is 27.1. The summed E-state index contributed by atoms with van der Waals surface area (Å²) in [4.78, 5) is 35.4. The number of hydrogen-bond acceptors (Lipinski definition) is 5. The molecule has 0 aromatic heterocycles. The molecule has 2 N–H and O–H groups in total. The van der Waals surface area contributed by atoms with Crippen molar-refractivity contribution in [3.63, 3.8) is 0 Å². The Morgan fingerprint density at radius 3 is 2.25 bits per heavy atom. The number of ether oxygens (including phenoxy) is 2. The summed E-state index contributed by atoms with van der Waals surface area (Å²) in [6.07, 6.45) is -7.04. The highest BCUT2D eigenvalue weighted by molar-refractivity contribution is 6.33. The third-order valence-electron chi connectivity index (χ3n) is 3.36. The standard InChI is InChI=1S/C18H17ClF6N2O5/c1-4-31-14(28)7-13(17(21,22)18(23,24)25)27-16(30)26-12-5-9(10(19)6-11(12)20)15(29)32-8(2)3/h5-8H,4H2,1-3H3,(H2,26,27,30). The molecule has 1 aromatic rings. The zero-order chi connectivity index (χ0) is 24.9. The lowest BCUT2D eigenvalue weighted by Crippen LogP contribution is -2.46. The summed E-state index contributed by atoms with van der Waals surface area (Å²) in [6, 6.07) is -0.499. The predicted octanol–water partition coefficient (Wildman–Crippen LogP) is 4.81. The molecule has 0 fully saturated rings. The molecule has 0 saturated carbocycles. The van der Waals surface area contributed by atoms with Crippen molar-refractivity contribution < 1.29 is 50.2 Å². The second-order valence-electron chi connectivity index (χ2n) is 6.23. The van der Waals surface area contributed by atoms with E-state index >= 15 is 0 Å². The van der Waals surface area contributed by atoms with Crippen LogP contribution in [0.3, 0.4) is 0 Å². The van der Waals surface area contributed by atoms with Gasteiger partial charge in [0.1, 0.15) is 11.5 Å². The summed E-state index contributed by atoms with van der Waals surface area (Å²) >= 11 is 5.74. The van der Waals surface area contributed by atoms with Crippen molar-refractivity contribution in [1.82, 2.24) is 5.32 Å². The number of nitrogens with one attached hydrogen (secondary N) is 2. The van der Waals surface area contributed by atoms with E-state index in [2.05, 4.69) is 4.74 Å². The average Bonchev–Trinajstić information content (AvgIpc) is 2.61. The summed E-state index contributed by atoms with van der Waals surface area (Å²) < 4.78 is 88.8. The first-order chi connectivity index (χ1) is 14.6. The molecule has 0 heterocycles. The predicted molar refractivity (Wildman–Crippen MR) is 99.8 cm³/mol.